The van der Waals surface area contributed by atoms with Crippen molar-refractivity contribution in [3.05, 3.63) is 27.7 Å². The van der Waals surface area contributed by atoms with Crippen LogP contribution in [0.5, 0.6) is 0 Å². The molecule has 0 radical (unpaired) electrons. The molecule has 0 saturated carbocycles. The monoisotopic (exact) mass is 545 g/mol. The van der Waals surface area contributed by atoms with Crippen molar-refractivity contribution in [2.75, 3.05) is 23.0 Å². The summed E-state index contributed by atoms with van der Waals surface area (Å²) in [5, 5.41) is 2.89. The zero-order chi connectivity index (χ0) is 23.8. The van der Waals surface area contributed by atoms with Crippen LogP contribution >= 0.6 is 27.7 Å². The van der Waals surface area contributed by atoms with Gasteiger partial charge in [0.15, 0.2) is 15.0 Å². The van der Waals surface area contributed by atoms with Gasteiger partial charge in [-0.2, -0.15) is 4.99 Å². The summed E-state index contributed by atoms with van der Waals surface area (Å²) in [5.74, 6) is -0.280. The first-order valence-electron chi connectivity index (χ1n) is 10.3. The number of alkyl carbamates (subject to hydrolysis) is 1. The summed E-state index contributed by atoms with van der Waals surface area (Å²) in [7, 11) is -3.14. The number of nitrogens with zero attached hydrogens (tertiary/aromatic N) is 2. The SMILES string of the molecule is Cc1cc(Br)cc(C)c1N1C(=NC(=O)CCNC(=O)OC(C)(C)C)S[C@@H]2CS(=O)(=O)C[C@H]21. The van der Waals surface area contributed by atoms with Crippen LogP contribution < -0.4 is 10.2 Å². The van der Waals surface area contributed by atoms with Crippen molar-refractivity contribution >= 4 is 60.4 Å². The molecule has 2 atom stereocenters. The van der Waals surface area contributed by atoms with Gasteiger partial charge in [0.25, 0.3) is 0 Å². The first-order valence-corrected chi connectivity index (χ1v) is 13.8. The van der Waals surface area contributed by atoms with Crippen LogP contribution in [0.1, 0.15) is 38.3 Å². The van der Waals surface area contributed by atoms with E-state index in [4.69, 9.17) is 4.74 Å². The molecule has 176 valence electrons. The summed E-state index contributed by atoms with van der Waals surface area (Å²) in [4.78, 5) is 30.6. The number of carbonyl (C=O) groups excluding carboxylic acids is 2. The Labute approximate surface area is 201 Å². The Morgan fingerprint density at radius 2 is 1.88 bits per heavy atom. The molecule has 2 aliphatic heterocycles. The van der Waals surface area contributed by atoms with Crippen LogP contribution in [0.15, 0.2) is 21.6 Å². The molecule has 2 saturated heterocycles. The van der Waals surface area contributed by atoms with Gasteiger partial charge in [0.1, 0.15) is 5.60 Å². The van der Waals surface area contributed by atoms with Gasteiger partial charge >= 0.3 is 6.09 Å². The predicted molar refractivity (Wildman–Crippen MR) is 131 cm³/mol. The van der Waals surface area contributed by atoms with Gasteiger partial charge in [-0.1, -0.05) is 27.7 Å². The second kappa shape index (κ2) is 9.34. The summed E-state index contributed by atoms with van der Waals surface area (Å²) in [6.07, 6.45) is -0.570. The average Bonchev–Trinajstić information content (AvgIpc) is 3.04. The zero-order valence-electron chi connectivity index (χ0n) is 18.8. The number of anilines is 1. The maximum atomic E-state index is 12.6. The van der Waals surface area contributed by atoms with Gasteiger partial charge in [-0.3, -0.25) is 4.79 Å². The van der Waals surface area contributed by atoms with Crippen molar-refractivity contribution in [1.29, 1.82) is 0 Å². The van der Waals surface area contributed by atoms with E-state index in [1.165, 1.54) is 11.8 Å². The second-order valence-electron chi connectivity index (χ2n) is 9.03. The highest BCUT2D eigenvalue weighted by Gasteiger charge is 2.50. The smallest absolute Gasteiger partial charge is 0.407 e. The zero-order valence-corrected chi connectivity index (χ0v) is 22.0. The topological polar surface area (TPSA) is 105 Å². The predicted octanol–water partition coefficient (Wildman–Crippen LogP) is 3.58. The maximum Gasteiger partial charge on any atom is 0.407 e. The first kappa shape index (κ1) is 25.0. The van der Waals surface area contributed by atoms with Crippen molar-refractivity contribution in [2.45, 2.75) is 57.9 Å². The fraction of sp³-hybridized carbons (Fsp3) is 0.571. The molecule has 0 unspecified atom stereocenters. The van der Waals surface area contributed by atoms with Gasteiger partial charge in [0.2, 0.25) is 5.91 Å². The Balaban J connectivity index is 1.80. The van der Waals surface area contributed by atoms with Crippen LogP contribution in [0.3, 0.4) is 0 Å². The molecule has 2 fully saturated rings. The Bertz CT molecular complexity index is 1040. The van der Waals surface area contributed by atoms with E-state index >= 15 is 0 Å². The van der Waals surface area contributed by atoms with Crippen molar-refractivity contribution in [2.24, 2.45) is 4.99 Å². The van der Waals surface area contributed by atoms with Crippen LogP contribution in [0.25, 0.3) is 0 Å². The number of aliphatic imine (C=N–C) groups is 1. The molecule has 2 amide bonds. The molecule has 32 heavy (non-hydrogen) atoms. The van der Waals surface area contributed by atoms with Gasteiger partial charge in [-0.15, -0.1) is 0 Å². The van der Waals surface area contributed by atoms with Crippen molar-refractivity contribution < 1.29 is 22.7 Å². The number of ether oxygens (including phenoxy) is 1. The minimum Gasteiger partial charge on any atom is -0.444 e. The summed E-state index contributed by atoms with van der Waals surface area (Å²) in [5.41, 5.74) is 2.19. The summed E-state index contributed by atoms with van der Waals surface area (Å²) < 4.78 is 30.6. The normalized spacial score (nSPS) is 23.3. The third-order valence-corrected chi connectivity index (χ3v) is 8.66. The Morgan fingerprint density at radius 3 is 2.47 bits per heavy atom. The molecule has 1 aromatic rings. The molecule has 0 aliphatic carbocycles. The van der Waals surface area contributed by atoms with Crippen LogP contribution in [0.2, 0.25) is 0 Å². The molecule has 0 spiro atoms. The van der Waals surface area contributed by atoms with Crippen molar-refractivity contribution in [3.63, 3.8) is 0 Å². The average molecular weight is 547 g/mol. The molecule has 1 aromatic carbocycles. The lowest BCUT2D eigenvalue weighted by Gasteiger charge is -2.28. The van der Waals surface area contributed by atoms with Crippen LogP contribution in [0.4, 0.5) is 10.5 Å². The maximum absolute atomic E-state index is 12.6. The second-order valence-corrected chi connectivity index (χ2v) is 13.3. The number of nitrogens with one attached hydrogen (secondary N) is 1. The number of hydrogen-bond donors (Lipinski definition) is 1. The standard InChI is InChI=1S/C21H28BrN3O5S2/c1-12-8-14(22)9-13(2)18(12)25-15-10-32(28,29)11-16(15)31-19(25)24-17(26)6-7-23-20(27)30-21(3,4)5/h8-9,15-16H,6-7,10-11H2,1-5H3,(H,23,27)/t15-,16-/m1/s1. The van der Waals surface area contributed by atoms with E-state index in [2.05, 4.69) is 26.2 Å². The molecule has 2 heterocycles. The Hall–Kier alpha value is -1.59. The molecule has 11 heteroatoms. The third kappa shape index (κ3) is 6.05. The number of amidine groups is 1. The molecule has 2 aliphatic rings. The van der Waals surface area contributed by atoms with Gasteiger partial charge in [0.05, 0.1) is 17.5 Å². The number of aryl methyl sites for hydroxylation is 2. The number of fused-ring (bicyclic) bond motifs is 1. The molecule has 8 nitrogen and oxygen atoms in total. The van der Waals surface area contributed by atoms with Gasteiger partial charge in [-0.05, 0) is 57.9 Å². The number of hydrogen-bond acceptors (Lipinski definition) is 6. The van der Waals surface area contributed by atoms with Crippen LogP contribution in [-0.4, -0.2) is 60.5 Å². The number of carbonyl (C=O) groups is 2. The highest BCUT2D eigenvalue weighted by atomic mass is 79.9. The highest BCUT2D eigenvalue weighted by molar-refractivity contribution is 9.10. The number of halogens is 1. The number of rotatable bonds is 4. The fourth-order valence-corrected chi connectivity index (χ4v) is 8.46. The molecule has 3 rings (SSSR count). The number of sulfone groups is 1. The number of thioether (sulfide) groups is 1. The lowest BCUT2D eigenvalue weighted by molar-refractivity contribution is -0.117. The highest BCUT2D eigenvalue weighted by Crippen LogP contribution is 2.43. The van der Waals surface area contributed by atoms with Crippen molar-refractivity contribution in [1.82, 2.24) is 5.32 Å². The van der Waals surface area contributed by atoms with E-state index < -0.39 is 21.5 Å². The lowest BCUT2D eigenvalue weighted by atomic mass is 10.1. The molecular formula is C21H28BrN3O5S2. The van der Waals surface area contributed by atoms with Crippen LogP contribution in [-0.2, 0) is 19.4 Å². The minimum atomic E-state index is -3.14. The summed E-state index contributed by atoms with van der Waals surface area (Å²) in [6.45, 7) is 9.31. The van der Waals surface area contributed by atoms with E-state index in [9.17, 15) is 18.0 Å². The summed E-state index contributed by atoms with van der Waals surface area (Å²) in [6, 6.07) is 3.66. The quantitative estimate of drug-likeness (QED) is 0.616. The Kier molecular flexibility index (Phi) is 7.31. The van der Waals surface area contributed by atoms with E-state index in [1.54, 1.807) is 20.8 Å². The molecule has 0 bridgehead atoms. The molecule has 1 N–H and O–H groups in total. The van der Waals surface area contributed by atoms with Crippen LogP contribution in [0, 0.1) is 13.8 Å². The van der Waals surface area contributed by atoms with Gasteiger partial charge < -0.3 is 15.0 Å². The van der Waals surface area contributed by atoms with E-state index in [1.807, 2.05) is 30.9 Å². The van der Waals surface area contributed by atoms with E-state index in [-0.39, 0.29) is 41.7 Å². The minimum absolute atomic E-state index is 0.0169. The van der Waals surface area contributed by atoms with Gasteiger partial charge in [0, 0.05) is 28.4 Å². The third-order valence-electron chi connectivity index (χ3n) is 4.99. The van der Waals surface area contributed by atoms with E-state index in [0.29, 0.717) is 5.17 Å². The number of benzene rings is 1. The van der Waals surface area contributed by atoms with Gasteiger partial charge in [-0.25, -0.2) is 13.2 Å². The molecular weight excluding hydrogens is 518 g/mol. The lowest BCUT2D eigenvalue weighted by Crippen LogP contribution is -2.38. The number of amides is 2. The first-order chi connectivity index (χ1) is 14.8. The fourth-order valence-electron chi connectivity index (χ4n) is 3.86. The van der Waals surface area contributed by atoms with E-state index in [0.717, 1.165) is 21.3 Å². The summed E-state index contributed by atoms with van der Waals surface area (Å²) >= 11 is 4.83. The largest absolute Gasteiger partial charge is 0.444 e. The van der Waals surface area contributed by atoms with Crippen molar-refractivity contribution in [3.8, 4) is 0 Å². The molecule has 0 aromatic heterocycles. The Morgan fingerprint density at radius 1 is 1.25 bits per heavy atom.